The van der Waals surface area contributed by atoms with Gasteiger partial charge in [-0.25, -0.2) is 9.18 Å². The third-order valence-electron chi connectivity index (χ3n) is 5.39. The summed E-state index contributed by atoms with van der Waals surface area (Å²) in [5.41, 5.74) is -1.39. The van der Waals surface area contributed by atoms with Crippen LogP contribution in [0.4, 0.5) is 17.6 Å². The van der Waals surface area contributed by atoms with Crippen molar-refractivity contribution in [1.29, 1.82) is 0 Å². The molecule has 35 heavy (non-hydrogen) atoms. The van der Waals surface area contributed by atoms with Crippen molar-refractivity contribution >= 4 is 10.9 Å². The topological polar surface area (TPSA) is 93.8 Å². The molecule has 0 amide bonds. The lowest BCUT2D eigenvalue weighted by Crippen LogP contribution is -2.35. The van der Waals surface area contributed by atoms with E-state index in [1.807, 2.05) is 0 Å². The number of aromatic nitrogens is 4. The summed E-state index contributed by atoms with van der Waals surface area (Å²) in [7, 11) is 0. The van der Waals surface area contributed by atoms with Crippen LogP contribution < -0.4 is 11.2 Å². The molecule has 0 fully saturated rings. The summed E-state index contributed by atoms with van der Waals surface area (Å²) in [5.74, 6) is -0.613. The van der Waals surface area contributed by atoms with Gasteiger partial charge < -0.3 is 9.51 Å². The molecule has 0 aliphatic heterocycles. The fourth-order valence-electron chi connectivity index (χ4n) is 3.62. The standard InChI is InChI=1S/C24H14F4N4O3/c25-18-7-2-1-4-15(18)12-32-22(33)17-9-8-14(11-19(17)29-23(32)34)21-30-20(31-35-21)13-5-3-6-16(10-13)24(26,27)28/h1-11H,12H2,(H,29,34). The summed E-state index contributed by atoms with van der Waals surface area (Å²) >= 11 is 0. The number of halogens is 4. The summed E-state index contributed by atoms with van der Waals surface area (Å²) in [6.45, 7) is -0.247. The third-order valence-corrected chi connectivity index (χ3v) is 5.39. The van der Waals surface area contributed by atoms with Gasteiger partial charge in [0, 0.05) is 16.7 Å². The van der Waals surface area contributed by atoms with E-state index in [2.05, 4.69) is 15.1 Å². The summed E-state index contributed by atoms with van der Waals surface area (Å²) < 4.78 is 59.1. The van der Waals surface area contributed by atoms with Crippen LogP contribution in [-0.4, -0.2) is 19.7 Å². The molecule has 5 aromatic rings. The van der Waals surface area contributed by atoms with Crippen LogP contribution in [0.5, 0.6) is 0 Å². The molecular weight excluding hydrogens is 468 g/mol. The van der Waals surface area contributed by atoms with E-state index in [0.717, 1.165) is 16.7 Å². The lowest BCUT2D eigenvalue weighted by atomic mass is 10.1. The third kappa shape index (κ3) is 4.23. The average Bonchev–Trinajstić information content (AvgIpc) is 3.32. The predicted octanol–water partition coefficient (Wildman–Crippen LogP) is 4.61. The largest absolute Gasteiger partial charge is 0.416 e. The van der Waals surface area contributed by atoms with Crippen molar-refractivity contribution in [1.82, 2.24) is 19.7 Å². The number of nitrogens with one attached hydrogen (secondary N) is 1. The molecule has 0 saturated heterocycles. The Morgan fingerprint density at radius 1 is 0.943 bits per heavy atom. The Morgan fingerprint density at radius 3 is 2.51 bits per heavy atom. The summed E-state index contributed by atoms with van der Waals surface area (Å²) in [4.78, 5) is 32.2. The van der Waals surface area contributed by atoms with E-state index < -0.39 is 28.8 Å². The number of nitrogens with zero attached hydrogens (tertiary/aromatic N) is 3. The zero-order valence-corrected chi connectivity index (χ0v) is 17.6. The van der Waals surface area contributed by atoms with Gasteiger partial charge in [0.05, 0.1) is 23.0 Å². The van der Waals surface area contributed by atoms with E-state index in [0.29, 0.717) is 5.56 Å². The van der Waals surface area contributed by atoms with E-state index in [1.165, 1.54) is 48.5 Å². The maximum absolute atomic E-state index is 14.0. The van der Waals surface area contributed by atoms with Crippen LogP contribution in [0.15, 0.2) is 80.8 Å². The number of H-pyrrole nitrogens is 1. The van der Waals surface area contributed by atoms with Gasteiger partial charge in [-0.15, -0.1) is 0 Å². The monoisotopic (exact) mass is 482 g/mol. The van der Waals surface area contributed by atoms with Crippen molar-refractivity contribution in [3.05, 3.63) is 105 Å². The second-order valence-corrected chi connectivity index (χ2v) is 7.67. The van der Waals surface area contributed by atoms with Gasteiger partial charge in [0.1, 0.15) is 5.82 Å². The molecule has 0 atom stereocenters. The van der Waals surface area contributed by atoms with E-state index >= 15 is 0 Å². The zero-order chi connectivity index (χ0) is 24.7. The minimum absolute atomic E-state index is 0.0179. The van der Waals surface area contributed by atoms with Crippen LogP contribution in [0.1, 0.15) is 11.1 Å². The number of hydrogen-bond acceptors (Lipinski definition) is 5. The lowest BCUT2D eigenvalue weighted by Gasteiger charge is -2.08. The van der Waals surface area contributed by atoms with E-state index in [9.17, 15) is 27.2 Å². The van der Waals surface area contributed by atoms with Crippen LogP contribution in [0.3, 0.4) is 0 Å². The van der Waals surface area contributed by atoms with Crippen LogP contribution in [0.25, 0.3) is 33.7 Å². The summed E-state index contributed by atoms with van der Waals surface area (Å²) in [6, 6.07) is 14.7. The smallest absolute Gasteiger partial charge is 0.334 e. The Kier molecular flexibility index (Phi) is 5.31. The van der Waals surface area contributed by atoms with Gasteiger partial charge in [-0.3, -0.25) is 9.36 Å². The molecule has 7 nitrogen and oxygen atoms in total. The highest BCUT2D eigenvalue weighted by Crippen LogP contribution is 2.32. The normalized spacial score (nSPS) is 11.8. The molecule has 0 spiro atoms. The molecule has 3 aromatic carbocycles. The van der Waals surface area contributed by atoms with E-state index in [-0.39, 0.29) is 40.3 Å². The van der Waals surface area contributed by atoms with Crippen LogP contribution in [-0.2, 0) is 12.7 Å². The Morgan fingerprint density at radius 2 is 1.74 bits per heavy atom. The zero-order valence-electron chi connectivity index (χ0n) is 17.6. The molecule has 0 saturated carbocycles. The van der Waals surface area contributed by atoms with Crippen molar-refractivity contribution in [2.45, 2.75) is 12.7 Å². The van der Waals surface area contributed by atoms with Crippen molar-refractivity contribution in [2.24, 2.45) is 0 Å². The quantitative estimate of drug-likeness (QED) is 0.378. The van der Waals surface area contributed by atoms with Gasteiger partial charge in [0.15, 0.2) is 0 Å². The molecule has 11 heteroatoms. The molecule has 176 valence electrons. The number of aromatic amines is 1. The van der Waals surface area contributed by atoms with Gasteiger partial charge in [0.25, 0.3) is 11.4 Å². The maximum Gasteiger partial charge on any atom is 0.416 e. The fraction of sp³-hybridized carbons (Fsp3) is 0.0833. The van der Waals surface area contributed by atoms with Crippen molar-refractivity contribution in [3.8, 4) is 22.8 Å². The molecular formula is C24H14F4N4O3. The molecule has 0 radical (unpaired) electrons. The van der Waals surface area contributed by atoms with Crippen molar-refractivity contribution < 1.29 is 22.1 Å². The van der Waals surface area contributed by atoms with Crippen molar-refractivity contribution in [2.75, 3.05) is 0 Å². The first-order chi connectivity index (χ1) is 16.7. The molecule has 5 rings (SSSR count). The van der Waals surface area contributed by atoms with Crippen molar-refractivity contribution in [3.63, 3.8) is 0 Å². The molecule has 0 aliphatic carbocycles. The second kappa shape index (κ2) is 8.35. The molecule has 0 unspecified atom stereocenters. The highest BCUT2D eigenvalue weighted by Gasteiger charge is 2.30. The Hall–Kier alpha value is -4.54. The summed E-state index contributed by atoms with van der Waals surface area (Å²) in [5, 5.41) is 3.91. The Labute approximate surface area is 193 Å². The first-order valence-electron chi connectivity index (χ1n) is 10.2. The highest BCUT2D eigenvalue weighted by molar-refractivity contribution is 5.82. The number of benzene rings is 3. The van der Waals surface area contributed by atoms with E-state index in [4.69, 9.17) is 4.52 Å². The Balaban J connectivity index is 1.51. The Bertz CT molecular complexity index is 1690. The fourth-order valence-corrected chi connectivity index (χ4v) is 3.62. The molecule has 2 heterocycles. The van der Waals surface area contributed by atoms with Gasteiger partial charge in [-0.1, -0.05) is 35.5 Å². The second-order valence-electron chi connectivity index (χ2n) is 7.67. The first-order valence-corrected chi connectivity index (χ1v) is 10.2. The highest BCUT2D eigenvalue weighted by atomic mass is 19.4. The van der Waals surface area contributed by atoms with Crippen LogP contribution >= 0.6 is 0 Å². The van der Waals surface area contributed by atoms with Gasteiger partial charge in [0.2, 0.25) is 5.82 Å². The average molecular weight is 482 g/mol. The molecule has 0 bridgehead atoms. The first kappa shape index (κ1) is 22.3. The number of rotatable bonds is 4. The van der Waals surface area contributed by atoms with Crippen LogP contribution in [0.2, 0.25) is 0 Å². The maximum atomic E-state index is 14.0. The van der Waals surface area contributed by atoms with Crippen LogP contribution in [0, 0.1) is 5.82 Å². The SMILES string of the molecule is O=c1[nH]c2cc(-c3nc(-c4cccc(C(F)(F)F)c4)no3)ccc2c(=O)n1Cc1ccccc1F. The molecule has 0 aliphatic rings. The van der Waals surface area contributed by atoms with Gasteiger partial charge >= 0.3 is 11.9 Å². The summed E-state index contributed by atoms with van der Waals surface area (Å²) in [6.07, 6.45) is -4.52. The number of fused-ring (bicyclic) bond motifs is 1. The van der Waals surface area contributed by atoms with E-state index in [1.54, 1.807) is 6.07 Å². The molecule has 1 N–H and O–H groups in total. The minimum Gasteiger partial charge on any atom is -0.334 e. The predicted molar refractivity (Wildman–Crippen MR) is 118 cm³/mol. The van der Waals surface area contributed by atoms with Gasteiger partial charge in [-0.05, 0) is 36.4 Å². The van der Waals surface area contributed by atoms with Gasteiger partial charge in [-0.2, -0.15) is 18.2 Å². The number of hydrogen-bond donors (Lipinski definition) is 1. The number of alkyl halides is 3. The lowest BCUT2D eigenvalue weighted by molar-refractivity contribution is -0.137. The minimum atomic E-state index is -4.52. The molecule has 2 aromatic heterocycles.